The normalized spacial score (nSPS) is 12.7. The largest absolute Gasteiger partial charge is 0.361 e. The number of hydrogen-bond acceptors (Lipinski definition) is 2. The van der Waals surface area contributed by atoms with Crippen LogP contribution < -0.4 is 5.32 Å². The smallest absolute Gasteiger partial charge is 0.0472 e. The van der Waals surface area contributed by atoms with Crippen molar-refractivity contribution in [1.82, 2.24) is 15.3 Å². The lowest BCUT2D eigenvalue weighted by Crippen LogP contribution is -2.17. The van der Waals surface area contributed by atoms with Gasteiger partial charge >= 0.3 is 0 Å². The number of nitrogens with zero attached hydrogens (tertiary/aromatic N) is 1. The van der Waals surface area contributed by atoms with E-state index in [1.807, 2.05) is 30.6 Å². The number of rotatable bonds is 4. The number of aromatic nitrogens is 2. The van der Waals surface area contributed by atoms with E-state index in [1.54, 1.807) is 6.20 Å². The van der Waals surface area contributed by atoms with Gasteiger partial charge in [-0.2, -0.15) is 0 Å². The maximum atomic E-state index is 5.99. The van der Waals surface area contributed by atoms with Gasteiger partial charge in [-0.05, 0) is 36.2 Å². The number of H-pyrrole nitrogens is 1. The molecule has 0 saturated heterocycles. The number of nitrogens with one attached hydrogen (secondary N) is 2. The third kappa shape index (κ3) is 2.69. The predicted octanol–water partition coefficient (Wildman–Crippen LogP) is 4.07. The minimum absolute atomic E-state index is 0.265. The van der Waals surface area contributed by atoms with Crippen molar-refractivity contribution in [3.63, 3.8) is 0 Å². The van der Waals surface area contributed by atoms with Gasteiger partial charge in [-0.15, -0.1) is 0 Å². The molecule has 1 aromatic carbocycles. The maximum absolute atomic E-state index is 5.99. The standard InChI is InChI=1S/C16H16ClN3/c1-11(12-3-2-6-18-8-12)19-9-13-10-20-16-7-14(17)4-5-15(13)16/h2-8,10-11,19-20H,9H2,1H3. The van der Waals surface area contributed by atoms with Crippen LogP contribution in [-0.2, 0) is 6.54 Å². The minimum Gasteiger partial charge on any atom is -0.361 e. The zero-order valence-electron chi connectivity index (χ0n) is 11.2. The Labute approximate surface area is 123 Å². The quantitative estimate of drug-likeness (QED) is 0.759. The molecule has 0 aliphatic heterocycles. The third-order valence-electron chi connectivity index (χ3n) is 3.51. The zero-order valence-corrected chi connectivity index (χ0v) is 12.0. The molecule has 0 spiro atoms. The highest BCUT2D eigenvalue weighted by atomic mass is 35.5. The van der Waals surface area contributed by atoms with Crippen molar-refractivity contribution in [3.05, 3.63) is 65.1 Å². The number of hydrogen-bond donors (Lipinski definition) is 2. The first-order chi connectivity index (χ1) is 9.74. The summed E-state index contributed by atoms with van der Waals surface area (Å²) in [4.78, 5) is 7.41. The molecule has 0 aliphatic carbocycles. The molecule has 20 heavy (non-hydrogen) atoms. The van der Waals surface area contributed by atoms with Gasteiger partial charge in [0.25, 0.3) is 0 Å². The van der Waals surface area contributed by atoms with Crippen molar-refractivity contribution in [2.75, 3.05) is 0 Å². The summed E-state index contributed by atoms with van der Waals surface area (Å²) >= 11 is 5.99. The van der Waals surface area contributed by atoms with Gasteiger partial charge in [-0.25, -0.2) is 0 Å². The Hall–Kier alpha value is -1.84. The number of fused-ring (bicyclic) bond motifs is 1. The van der Waals surface area contributed by atoms with E-state index in [0.29, 0.717) is 0 Å². The molecule has 1 unspecified atom stereocenters. The zero-order chi connectivity index (χ0) is 13.9. The van der Waals surface area contributed by atoms with Crippen LogP contribution in [0.2, 0.25) is 5.02 Å². The Morgan fingerprint density at radius 3 is 3.05 bits per heavy atom. The Morgan fingerprint density at radius 2 is 2.25 bits per heavy atom. The van der Waals surface area contributed by atoms with E-state index < -0.39 is 0 Å². The molecule has 0 fully saturated rings. The van der Waals surface area contributed by atoms with Crippen LogP contribution in [0.5, 0.6) is 0 Å². The molecule has 2 N–H and O–H groups in total. The molecule has 2 aromatic heterocycles. The Kier molecular flexibility index (Phi) is 3.72. The fourth-order valence-corrected chi connectivity index (χ4v) is 2.49. The molecule has 3 rings (SSSR count). The highest BCUT2D eigenvalue weighted by Gasteiger charge is 2.07. The molecule has 1 atom stereocenters. The van der Waals surface area contributed by atoms with Gasteiger partial charge < -0.3 is 10.3 Å². The Morgan fingerprint density at radius 1 is 1.35 bits per heavy atom. The van der Waals surface area contributed by atoms with E-state index in [2.05, 4.69) is 34.3 Å². The van der Waals surface area contributed by atoms with Crippen molar-refractivity contribution >= 4 is 22.5 Å². The van der Waals surface area contributed by atoms with E-state index >= 15 is 0 Å². The van der Waals surface area contributed by atoms with Crippen molar-refractivity contribution in [2.24, 2.45) is 0 Å². The van der Waals surface area contributed by atoms with E-state index in [-0.39, 0.29) is 6.04 Å². The van der Waals surface area contributed by atoms with Crippen LogP contribution in [0, 0.1) is 0 Å². The van der Waals surface area contributed by atoms with Crippen LogP contribution in [0.15, 0.2) is 48.9 Å². The average molecular weight is 286 g/mol. The molecule has 3 nitrogen and oxygen atoms in total. The van der Waals surface area contributed by atoms with Crippen molar-refractivity contribution in [3.8, 4) is 0 Å². The number of halogens is 1. The molecular weight excluding hydrogens is 270 g/mol. The number of aromatic amines is 1. The second-order valence-electron chi connectivity index (χ2n) is 4.89. The number of benzene rings is 1. The second kappa shape index (κ2) is 5.65. The molecular formula is C16H16ClN3. The molecule has 0 saturated carbocycles. The van der Waals surface area contributed by atoms with Gasteiger partial charge in [-0.1, -0.05) is 23.7 Å². The van der Waals surface area contributed by atoms with Crippen LogP contribution in [0.3, 0.4) is 0 Å². The summed E-state index contributed by atoms with van der Waals surface area (Å²) in [5.74, 6) is 0. The summed E-state index contributed by atoms with van der Waals surface area (Å²) in [5, 5.41) is 5.48. The SMILES string of the molecule is CC(NCc1c[nH]c2cc(Cl)ccc12)c1cccnc1. The third-order valence-corrected chi connectivity index (χ3v) is 3.75. The van der Waals surface area contributed by atoms with E-state index in [9.17, 15) is 0 Å². The first-order valence-electron chi connectivity index (χ1n) is 6.63. The first kappa shape index (κ1) is 13.2. The second-order valence-corrected chi connectivity index (χ2v) is 5.33. The van der Waals surface area contributed by atoms with Gasteiger partial charge in [0.15, 0.2) is 0 Å². The van der Waals surface area contributed by atoms with Crippen molar-refractivity contribution in [2.45, 2.75) is 19.5 Å². The first-order valence-corrected chi connectivity index (χ1v) is 7.00. The fraction of sp³-hybridized carbons (Fsp3) is 0.188. The number of pyridine rings is 1. The van der Waals surface area contributed by atoms with Crippen LogP contribution in [0.25, 0.3) is 10.9 Å². The molecule has 0 amide bonds. The van der Waals surface area contributed by atoms with Crippen molar-refractivity contribution in [1.29, 1.82) is 0 Å². The average Bonchev–Trinajstić information content (AvgIpc) is 2.88. The van der Waals surface area contributed by atoms with Gasteiger partial charge in [0, 0.05) is 47.1 Å². The molecule has 2 heterocycles. The van der Waals surface area contributed by atoms with Gasteiger partial charge in [0.1, 0.15) is 0 Å². The molecule has 0 radical (unpaired) electrons. The molecule has 0 bridgehead atoms. The fourth-order valence-electron chi connectivity index (χ4n) is 2.32. The van der Waals surface area contributed by atoms with Crippen LogP contribution in [-0.4, -0.2) is 9.97 Å². The summed E-state index contributed by atoms with van der Waals surface area (Å²) in [6.07, 6.45) is 5.72. The lowest BCUT2D eigenvalue weighted by molar-refractivity contribution is 0.575. The van der Waals surface area contributed by atoms with Gasteiger partial charge in [0.2, 0.25) is 0 Å². The highest BCUT2D eigenvalue weighted by molar-refractivity contribution is 6.31. The molecule has 4 heteroatoms. The molecule has 3 aromatic rings. The van der Waals surface area contributed by atoms with Crippen molar-refractivity contribution < 1.29 is 0 Å². The summed E-state index contributed by atoms with van der Waals surface area (Å²) in [5.41, 5.74) is 3.51. The Balaban J connectivity index is 1.74. The summed E-state index contributed by atoms with van der Waals surface area (Å²) < 4.78 is 0. The molecule has 102 valence electrons. The summed E-state index contributed by atoms with van der Waals surface area (Å²) in [6, 6.07) is 10.2. The highest BCUT2D eigenvalue weighted by Crippen LogP contribution is 2.22. The summed E-state index contributed by atoms with van der Waals surface area (Å²) in [6.45, 7) is 2.94. The maximum Gasteiger partial charge on any atom is 0.0472 e. The molecule has 0 aliphatic rings. The van der Waals surface area contributed by atoms with Gasteiger partial charge in [-0.3, -0.25) is 4.98 Å². The van der Waals surface area contributed by atoms with Crippen LogP contribution >= 0.6 is 11.6 Å². The topological polar surface area (TPSA) is 40.7 Å². The predicted molar refractivity (Wildman–Crippen MR) is 82.8 cm³/mol. The lowest BCUT2D eigenvalue weighted by Gasteiger charge is -2.13. The van der Waals surface area contributed by atoms with Crippen LogP contribution in [0.1, 0.15) is 24.1 Å². The van der Waals surface area contributed by atoms with E-state index in [4.69, 9.17) is 11.6 Å². The van der Waals surface area contributed by atoms with E-state index in [1.165, 1.54) is 16.5 Å². The monoisotopic (exact) mass is 285 g/mol. The van der Waals surface area contributed by atoms with Gasteiger partial charge in [0.05, 0.1) is 0 Å². The minimum atomic E-state index is 0.265. The lowest BCUT2D eigenvalue weighted by atomic mass is 10.1. The summed E-state index contributed by atoms with van der Waals surface area (Å²) in [7, 11) is 0. The van der Waals surface area contributed by atoms with Crippen LogP contribution in [0.4, 0.5) is 0 Å². The Bertz CT molecular complexity index is 706. The van der Waals surface area contributed by atoms with E-state index in [0.717, 1.165) is 17.1 Å².